The smallest absolute Gasteiger partial charge is 0.172 e. The van der Waals surface area contributed by atoms with Gasteiger partial charge in [0.1, 0.15) is 11.6 Å². The van der Waals surface area contributed by atoms with Gasteiger partial charge in [-0.25, -0.2) is 9.98 Å². The summed E-state index contributed by atoms with van der Waals surface area (Å²) in [5.74, 6) is 0.566. The Hall–Kier alpha value is -2.71. The van der Waals surface area contributed by atoms with Crippen LogP contribution in [0.1, 0.15) is 29.7 Å². The molecule has 2 aromatic rings. The van der Waals surface area contributed by atoms with Gasteiger partial charge in [0.05, 0.1) is 6.34 Å². The van der Waals surface area contributed by atoms with Gasteiger partial charge in [0.25, 0.3) is 0 Å². The van der Waals surface area contributed by atoms with Crippen molar-refractivity contribution in [2.45, 2.75) is 25.7 Å². The number of nitrogens with zero attached hydrogens (tertiary/aromatic N) is 5. The Balaban J connectivity index is 1.77. The van der Waals surface area contributed by atoms with Gasteiger partial charge in [-0.1, -0.05) is 30.3 Å². The lowest BCUT2D eigenvalue weighted by molar-refractivity contribution is 0.219. The van der Waals surface area contributed by atoms with Crippen LogP contribution in [-0.2, 0) is 12.8 Å². The molecule has 0 bridgehead atoms. The summed E-state index contributed by atoms with van der Waals surface area (Å²) in [5, 5.41) is 9.95. The van der Waals surface area contributed by atoms with Gasteiger partial charge in [0.2, 0.25) is 0 Å². The van der Waals surface area contributed by atoms with Crippen LogP contribution in [0.3, 0.4) is 0 Å². The molecule has 138 valence electrons. The first-order valence-electron chi connectivity index (χ1n) is 9.74. The van der Waals surface area contributed by atoms with E-state index in [-0.39, 0.29) is 0 Å². The van der Waals surface area contributed by atoms with E-state index in [0.717, 1.165) is 68.7 Å². The van der Waals surface area contributed by atoms with Crippen molar-refractivity contribution in [2.75, 3.05) is 33.2 Å². The molecule has 5 heteroatoms. The van der Waals surface area contributed by atoms with Crippen LogP contribution in [0, 0.1) is 11.3 Å². The zero-order valence-corrected chi connectivity index (χ0v) is 15.9. The highest BCUT2D eigenvalue weighted by atomic mass is 15.3. The molecule has 1 saturated heterocycles. The molecular weight excluding hydrogens is 334 g/mol. The van der Waals surface area contributed by atoms with Crippen LogP contribution in [0.5, 0.6) is 0 Å². The summed E-state index contributed by atoms with van der Waals surface area (Å²) in [6.45, 7) is 3.98. The number of aliphatic imine (C=N–C) groups is 1. The molecule has 0 amide bonds. The van der Waals surface area contributed by atoms with E-state index in [1.165, 1.54) is 5.56 Å². The second-order valence-electron chi connectivity index (χ2n) is 7.38. The summed E-state index contributed by atoms with van der Waals surface area (Å²) in [6.07, 6.45) is 6.15. The van der Waals surface area contributed by atoms with Gasteiger partial charge in [-0.05, 0) is 43.9 Å². The Morgan fingerprint density at radius 3 is 2.56 bits per heavy atom. The van der Waals surface area contributed by atoms with E-state index in [1.807, 2.05) is 24.5 Å². The summed E-state index contributed by atoms with van der Waals surface area (Å²) in [4.78, 5) is 14.0. The third-order valence-electron chi connectivity index (χ3n) is 5.51. The minimum absolute atomic E-state index is 0.566. The van der Waals surface area contributed by atoms with Crippen molar-refractivity contribution in [3.05, 3.63) is 47.2 Å². The maximum absolute atomic E-state index is 9.95. The molecule has 1 aliphatic carbocycles. The Bertz CT molecular complexity index is 874. The SMILES string of the molecule is CN1CCN(C=Nc2nc3c(c(-c4ccccc4)c2C#N)CCCC3)CC1. The summed E-state index contributed by atoms with van der Waals surface area (Å²) in [7, 11) is 2.14. The average molecular weight is 359 g/mol. The van der Waals surface area contributed by atoms with Gasteiger partial charge < -0.3 is 9.80 Å². The number of rotatable bonds is 3. The molecule has 0 unspecified atom stereocenters. The molecule has 0 saturated carbocycles. The van der Waals surface area contributed by atoms with Crippen molar-refractivity contribution >= 4 is 12.2 Å². The number of likely N-dealkylation sites (N-methyl/N-ethyl adjacent to an activating group) is 1. The van der Waals surface area contributed by atoms with Crippen molar-refractivity contribution in [1.82, 2.24) is 14.8 Å². The minimum atomic E-state index is 0.566. The molecule has 2 heterocycles. The van der Waals surface area contributed by atoms with Crippen LogP contribution in [0.4, 0.5) is 5.82 Å². The van der Waals surface area contributed by atoms with Crippen LogP contribution in [0.25, 0.3) is 11.1 Å². The maximum atomic E-state index is 9.95. The lowest BCUT2D eigenvalue weighted by Gasteiger charge is -2.30. The summed E-state index contributed by atoms with van der Waals surface area (Å²) >= 11 is 0. The fourth-order valence-electron chi connectivity index (χ4n) is 3.92. The van der Waals surface area contributed by atoms with E-state index in [2.05, 4.69) is 40.0 Å². The molecule has 5 nitrogen and oxygen atoms in total. The number of aromatic nitrogens is 1. The average Bonchev–Trinajstić information content (AvgIpc) is 2.72. The highest BCUT2D eigenvalue weighted by Crippen LogP contribution is 2.37. The van der Waals surface area contributed by atoms with E-state index in [1.54, 1.807) is 0 Å². The molecule has 0 spiro atoms. The van der Waals surface area contributed by atoms with Crippen LogP contribution in [0.2, 0.25) is 0 Å². The van der Waals surface area contributed by atoms with E-state index in [9.17, 15) is 5.26 Å². The largest absolute Gasteiger partial charge is 0.360 e. The minimum Gasteiger partial charge on any atom is -0.360 e. The first-order valence-corrected chi connectivity index (χ1v) is 9.74. The molecule has 27 heavy (non-hydrogen) atoms. The normalized spacial score (nSPS) is 17.7. The van der Waals surface area contributed by atoms with Gasteiger partial charge in [-0.15, -0.1) is 0 Å². The van der Waals surface area contributed by atoms with Gasteiger partial charge in [0, 0.05) is 37.4 Å². The zero-order chi connectivity index (χ0) is 18.6. The molecule has 1 fully saturated rings. The number of aryl methyl sites for hydroxylation is 1. The number of fused-ring (bicyclic) bond motifs is 1. The molecule has 0 radical (unpaired) electrons. The molecule has 0 atom stereocenters. The lowest BCUT2D eigenvalue weighted by atomic mass is 9.86. The van der Waals surface area contributed by atoms with Crippen molar-refractivity contribution in [1.29, 1.82) is 5.26 Å². The van der Waals surface area contributed by atoms with E-state index >= 15 is 0 Å². The predicted molar refractivity (Wildman–Crippen MR) is 108 cm³/mol. The topological polar surface area (TPSA) is 55.5 Å². The standard InChI is InChI=1S/C22H25N5/c1-26-11-13-27(14-12-26)16-24-22-19(15-23)21(17-7-3-2-4-8-17)18-9-5-6-10-20(18)25-22/h2-4,7-8,16H,5-6,9-14H2,1H3. The fourth-order valence-corrected chi connectivity index (χ4v) is 3.92. The molecule has 1 aromatic carbocycles. The lowest BCUT2D eigenvalue weighted by Crippen LogP contribution is -2.43. The number of hydrogen-bond donors (Lipinski definition) is 0. The molecule has 2 aliphatic rings. The Kier molecular flexibility index (Phi) is 5.17. The first kappa shape index (κ1) is 17.7. The first-order chi connectivity index (χ1) is 13.3. The van der Waals surface area contributed by atoms with Gasteiger partial charge in [0.15, 0.2) is 5.82 Å². The van der Waals surface area contributed by atoms with Crippen LogP contribution in [0.15, 0.2) is 35.3 Å². The Morgan fingerprint density at radius 1 is 1.07 bits per heavy atom. The highest BCUT2D eigenvalue weighted by Gasteiger charge is 2.22. The fraction of sp³-hybridized carbons (Fsp3) is 0.409. The van der Waals surface area contributed by atoms with Gasteiger partial charge >= 0.3 is 0 Å². The number of piperazine rings is 1. The molecule has 4 rings (SSSR count). The van der Waals surface area contributed by atoms with Crippen molar-refractivity contribution in [2.24, 2.45) is 4.99 Å². The predicted octanol–water partition coefficient (Wildman–Crippen LogP) is 3.41. The van der Waals surface area contributed by atoms with E-state index in [4.69, 9.17) is 4.98 Å². The van der Waals surface area contributed by atoms with Crippen molar-refractivity contribution in [3.63, 3.8) is 0 Å². The van der Waals surface area contributed by atoms with E-state index < -0.39 is 0 Å². The van der Waals surface area contributed by atoms with Crippen molar-refractivity contribution < 1.29 is 0 Å². The summed E-state index contributed by atoms with van der Waals surface area (Å²) < 4.78 is 0. The Labute approximate surface area is 161 Å². The Morgan fingerprint density at radius 2 is 1.81 bits per heavy atom. The quantitative estimate of drug-likeness (QED) is 0.622. The summed E-state index contributed by atoms with van der Waals surface area (Å²) in [6, 6.07) is 12.6. The van der Waals surface area contributed by atoms with Gasteiger partial charge in [-0.2, -0.15) is 5.26 Å². The maximum Gasteiger partial charge on any atom is 0.172 e. The zero-order valence-electron chi connectivity index (χ0n) is 15.9. The highest BCUT2D eigenvalue weighted by molar-refractivity contribution is 5.80. The van der Waals surface area contributed by atoms with E-state index in [0.29, 0.717) is 11.4 Å². The second kappa shape index (κ2) is 7.89. The van der Waals surface area contributed by atoms with Crippen molar-refractivity contribution in [3.8, 4) is 17.2 Å². The van der Waals surface area contributed by atoms with Gasteiger partial charge in [-0.3, -0.25) is 0 Å². The summed E-state index contributed by atoms with van der Waals surface area (Å²) in [5.41, 5.74) is 5.08. The monoisotopic (exact) mass is 359 g/mol. The number of benzene rings is 1. The van der Waals surface area contributed by atoms with Crippen LogP contribution < -0.4 is 0 Å². The third kappa shape index (κ3) is 3.72. The van der Waals surface area contributed by atoms with Crippen LogP contribution in [-0.4, -0.2) is 54.3 Å². The second-order valence-corrected chi connectivity index (χ2v) is 7.38. The number of pyridine rings is 1. The number of nitriles is 1. The van der Waals surface area contributed by atoms with Crippen LogP contribution >= 0.6 is 0 Å². The molecule has 1 aliphatic heterocycles. The number of hydrogen-bond acceptors (Lipinski definition) is 4. The third-order valence-corrected chi connectivity index (χ3v) is 5.51. The molecule has 0 N–H and O–H groups in total. The molecule has 1 aromatic heterocycles. The molecular formula is C22H25N5.